The third-order valence-electron chi connectivity index (χ3n) is 3.61. The minimum Gasteiger partial charge on any atom is -0.444 e. The maximum Gasteiger partial charge on any atom is 0.410 e. The maximum absolute atomic E-state index is 12.2. The standard InChI is InChI=1S/C17H23ClN2O3/c1-17(2,3)23-16(22)20-9-5-8-19(10-11-20)15-13(12-21)6-4-7-14(15)18/h4,6-7,12H,5,8-11H2,1-3H3. The SMILES string of the molecule is CC(C)(C)OC(=O)N1CCCN(c2c(Cl)cccc2C=O)CC1. The van der Waals surface area contributed by atoms with Crippen molar-refractivity contribution in [2.75, 3.05) is 31.1 Å². The predicted molar refractivity (Wildman–Crippen MR) is 91.5 cm³/mol. The lowest BCUT2D eigenvalue weighted by Crippen LogP contribution is -2.39. The van der Waals surface area contributed by atoms with Crippen molar-refractivity contribution < 1.29 is 14.3 Å². The molecule has 23 heavy (non-hydrogen) atoms. The number of hydrogen-bond acceptors (Lipinski definition) is 4. The number of ether oxygens (including phenoxy) is 1. The monoisotopic (exact) mass is 338 g/mol. The molecule has 1 aromatic carbocycles. The van der Waals surface area contributed by atoms with Crippen LogP contribution in [0.1, 0.15) is 37.6 Å². The second-order valence-electron chi connectivity index (χ2n) is 6.60. The Morgan fingerprint density at radius 1 is 1.22 bits per heavy atom. The van der Waals surface area contributed by atoms with Gasteiger partial charge in [-0.1, -0.05) is 17.7 Å². The first-order chi connectivity index (χ1) is 10.8. The molecule has 0 N–H and O–H groups in total. The zero-order valence-corrected chi connectivity index (χ0v) is 14.6. The van der Waals surface area contributed by atoms with E-state index in [1.165, 1.54) is 0 Å². The summed E-state index contributed by atoms with van der Waals surface area (Å²) in [5.41, 5.74) is 0.815. The average molecular weight is 339 g/mol. The van der Waals surface area contributed by atoms with E-state index in [1.54, 1.807) is 23.1 Å². The van der Waals surface area contributed by atoms with Crippen LogP contribution in [-0.2, 0) is 4.74 Å². The van der Waals surface area contributed by atoms with Gasteiger partial charge in [0.05, 0.1) is 10.7 Å². The highest BCUT2D eigenvalue weighted by molar-refractivity contribution is 6.33. The Morgan fingerprint density at radius 3 is 2.61 bits per heavy atom. The van der Waals surface area contributed by atoms with Crippen LogP contribution in [0.4, 0.5) is 10.5 Å². The molecule has 0 spiro atoms. The van der Waals surface area contributed by atoms with Gasteiger partial charge in [-0.05, 0) is 39.3 Å². The number of benzene rings is 1. The highest BCUT2D eigenvalue weighted by Crippen LogP contribution is 2.30. The molecule has 6 heteroatoms. The number of para-hydroxylation sites is 1. The normalized spacial score (nSPS) is 16.0. The fourth-order valence-corrected chi connectivity index (χ4v) is 2.91. The summed E-state index contributed by atoms with van der Waals surface area (Å²) in [4.78, 5) is 27.2. The van der Waals surface area contributed by atoms with Gasteiger partial charge in [-0.25, -0.2) is 4.79 Å². The molecule has 1 heterocycles. The van der Waals surface area contributed by atoms with Crippen molar-refractivity contribution in [3.05, 3.63) is 28.8 Å². The summed E-state index contributed by atoms with van der Waals surface area (Å²) in [6.07, 6.45) is 1.31. The van der Waals surface area contributed by atoms with E-state index < -0.39 is 5.60 Å². The lowest BCUT2D eigenvalue weighted by molar-refractivity contribution is 0.0263. The molecule has 1 amide bonds. The highest BCUT2D eigenvalue weighted by atomic mass is 35.5. The molecule has 126 valence electrons. The van der Waals surface area contributed by atoms with E-state index in [0.717, 1.165) is 24.9 Å². The number of carbonyl (C=O) groups excluding carboxylic acids is 2. The minimum atomic E-state index is -0.503. The van der Waals surface area contributed by atoms with E-state index in [9.17, 15) is 9.59 Å². The van der Waals surface area contributed by atoms with E-state index in [1.807, 2.05) is 20.8 Å². The molecule has 0 unspecified atom stereocenters. The quantitative estimate of drug-likeness (QED) is 0.773. The van der Waals surface area contributed by atoms with Crippen molar-refractivity contribution in [2.45, 2.75) is 32.8 Å². The number of carbonyl (C=O) groups is 2. The third kappa shape index (κ3) is 4.61. The van der Waals surface area contributed by atoms with E-state index in [2.05, 4.69) is 4.90 Å². The van der Waals surface area contributed by atoms with Crippen LogP contribution in [0.2, 0.25) is 5.02 Å². The van der Waals surface area contributed by atoms with Crippen molar-refractivity contribution in [1.82, 2.24) is 4.90 Å². The fraction of sp³-hybridized carbons (Fsp3) is 0.529. The molecule has 1 aliphatic rings. The van der Waals surface area contributed by atoms with Gasteiger partial charge in [-0.3, -0.25) is 4.79 Å². The topological polar surface area (TPSA) is 49.9 Å². The van der Waals surface area contributed by atoms with Crippen molar-refractivity contribution in [2.24, 2.45) is 0 Å². The van der Waals surface area contributed by atoms with Crippen molar-refractivity contribution in [3.8, 4) is 0 Å². The van der Waals surface area contributed by atoms with Gasteiger partial charge in [0, 0.05) is 31.7 Å². The number of halogens is 1. The summed E-state index contributed by atoms with van der Waals surface area (Å²) < 4.78 is 5.43. The highest BCUT2D eigenvalue weighted by Gasteiger charge is 2.25. The molecule has 1 aliphatic heterocycles. The van der Waals surface area contributed by atoms with Gasteiger partial charge in [0.2, 0.25) is 0 Å². The number of nitrogens with zero attached hydrogens (tertiary/aromatic N) is 2. The Labute approximate surface area is 142 Å². The lowest BCUT2D eigenvalue weighted by Gasteiger charge is -2.27. The number of rotatable bonds is 2. The van der Waals surface area contributed by atoms with Gasteiger partial charge >= 0.3 is 6.09 Å². The molecule has 1 fully saturated rings. The van der Waals surface area contributed by atoms with Crippen LogP contribution in [0.5, 0.6) is 0 Å². The first kappa shape index (κ1) is 17.6. The van der Waals surface area contributed by atoms with Crippen LogP contribution in [0, 0.1) is 0 Å². The summed E-state index contributed by atoms with van der Waals surface area (Å²) in [7, 11) is 0. The Morgan fingerprint density at radius 2 is 1.96 bits per heavy atom. The van der Waals surface area contributed by atoms with Crippen LogP contribution in [-0.4, -0.2) is 49.1 Å². The van der Waals surface area contributed by atoms with Gasteiger partial charge in [0.1, 0.15) is 5.60 Å². The van der Waals surface area contributed by atoms with E-state index in [-0.39, 0.29) is 6.09 Å². The van der Waals surface area contributed by atoms with Crippen molar-refractivity contribution >= 4 is 29.7 Å². The molecule has 0 radical (unpaired) electrons. The zero-order chi connectivity index (χ0) is 17.0. The number of aldehydes is 1. The van der Waals surface area contributed by atoms with Gasteiger partial charge in [-0.15, -0.1) is 0 Å². The van der Waals surface area contributed by atoms with Gasteiger partial charge in [0.15, 0.2) is 6.29 Å². The number of hydrogen-bond donors (Lipinski definition) is 0. The fourth-order valence-electron chi connectivity index (χ4n) is 2.61. The van der Waals surface area contributed by atoms with Gasteiger partial charge in [-0.2, -0.15) is 0 Å². The number of anilines is 1. The second-order valence-corrected chi connectivity index (χ2v) is 7.01. The molecule has 1 aromatic rings. The Hall–Kier alpha value is -1.75. The summed E-state index contributed by atoms with van der Waals surface area (Å²) in [5.74, 6) is 0. The van der Waals surface area contributed by atoms with Crippen LogP contribution < -0.4 is 4.90 Å². The molecule has 0 atom stereocenters. The van der Waals surface area contributed by atoms with Gasteiger partial charge in [0.25, 0.3) is 0 Å². The lowest BCUT2D eigenvalue weighted by atomic mass is 10.1. The van der Waals surface area contributed by atoms with Crippen molar-refractivity contribution in [3.63, 3.8) is 0 Å². The molecule has 0 aliphatic carbocycles. The first-order valence-corrected chi connectivity index (χ1v) is 8.16. The van der Waals surface area contributed by atoms with Crippen LogP contribution in [0.3, 0.4) is 0 Å². The Balaban J connectivity index is 2.10. The number of amides is 1. The smallest absolute Gasteiger partial charge is 0.410 e. The van der Waals surface area contributed by atoms with E-state index in [4.69, 9.17) is 16.3 Å². The molecule has 2 rings (SSSR count). The van der Waals surface area contributed by atoms with E-state index >= 15 is 0 Å². The largest absolute Gasteiger partial charge is 0.444 e. The Kier molecular flexibility index (Phi) is 5.52. The second kappa shape index (κ2) is 7.21. The first-order valence-electron chi connectivity index (χ1n) is 7.78. The molecular formula is C17H23ClN2O3. The van der Waals surface area contributed by atoms with E-state index in [0.29, 0.717) is 30.2 Å². The average Bonchev–Trinajstić information content (AvgIpc) is 2.71. The summed E-state index contributed by atoms with van der Waals surface area (Å²) in [6, 6.07) is 5.30. The van der Waals surface area contributed by atoms with Crippen LogP contribution in [0.15, 0.2) is 18.2 Å². The zero-order valence-electron chi connectivity index (χ0n) is 13.8. The Bertz CT molecular complexity index is 584. The minimum absolute atomic E-state index is 0.297. The van der Waals surface area contributed by atoms with Gasteiger partial charge < -0.3 is 14.5 Å². The summed E-state index contributed by atoms with van der Waals surface area (Å²) in [6.45, 7) is 8.10. The van der Waals surface area contributed by atoms with Crippen LogP contribution in [0.25, 0.3) is 0 Å². The summed E-state index contributed by atoms with van der Waals surface area (Å²) >= 11 is 6.28. The van der Waals surface area contributed by atoms with Crippen LogP contribution >= 0.6 is 11.6 Å². The maximum atomic E-state index is 12.2. The molecule has 5 nitrogen and oxygen atoms in total. The molecule has 0 saturated carbocycles. The molecule has 0 aromatic heterocycles. The summed E-state index contributed by atoms with van der Waals surface area (Å²) in [5, 5.41) is 0.556. The predicted octanol–water partition coefficient (Wildman–Crippen LogP) is 3.60. The molecule has 0 bridgehead atoms. The third-order valence-corrected chi connectivity index (χ3v) is 3.91. The van der Waals surface area contributed by atoms with Crippen molar-refractivity contribution in [1.29, 1.82) is 0 Å². The molecule has 1 saturated heterocycles. The molecular weight excluding hydrogens is 316 g/mol.